The first kappa shape index (κ1) is 17.4. The van der Waals surface area contributed by atoms with E-state index in [9.17, 15) is 9.59 Å². The quantitative estimate of drug-likeness (QED) is 0.836. The fourth-order valence-electron chi connectivity index (χ4n) is 4.11. The lowest BCUT2D eigenvalue weighted by Gasteiger charge is -2.31. The Bertz CT molecular complexity index is 684. The van der Waals surface area contributed by atoms with E-state index < -0.39 is 0 Å². The summed E-state index contributed by atoms with van der Waals surface area (Å²) in [6, 6.07) is 6.13. The highest BCUT2D eigenvalue weighted by molar-refractivity contribution is 5.81. The van der Waals surface area contributed by atoms with Gasteiger partial charge in [0.15, 0.2) is 0 Å². The van der Waals surface area contributed by atoms with Gasteiger partial charge < -0.3 is 14.5 Å². The van der Waals surface area contributed by atoms with Gasteiger partial charge in [-0.2, -0.15) is 0 Å². The molecular weight excluding hydrogens is 328 g/mol. The standard InChI is InChI=1S/C21H28N2O3/c24-20(15-16-7-8-19-18(14-16)6-2-13-26-19)22-9-3-10-23(12-11-22)21(25)17-4-1-5-17/h7-8,14,17H,1-6,9-13,15H2. The molecule has 5 heteroatoms. The van der Waals surface area contributed by atoms with Crippen LogP contribution < -0.4 is 4.74 Å². The number of hydrogen-bond donors (Lipinski definition) is 0. The topological polar surface area (TPSA) is 49.9 Å². The maximum absolute atomic E-state index is 12.8. The average molecular weight is 356 g/mol. The summed E-state index contributed by atoms with van der Waals surface area (Å²) in [4.78, 5) is 29.1. The number of benzene rings is 1. The minimum absolute atomic E-state index is 0.166. The van der Waals surface area contributed by atoms with E-state index in [0.717, 1.165) is 63.1 Å². The van der Waals surface area contributed by atoms with Crippen LogP contribution in [0.5, 0.6) is 5.75 Å². The van der Waals surface area contributed by atoms with Crippen molar-refractivity contribution in [1.82, 2.24) is 9.80 Å². The first-order valence-corrected chi connectivity index (χ1v) is 10.0. The van der Waals surface area contributed by atoms with Crippen molar-refractivity contribution in [2.24, 2.45) is 5.92 Å². The summed E-state index contributed by atoms with van der Waals surface area (Å²) in [6.07, 6.45) is 6.65. The number of fused-ring (bicyclic) bond motifs is 1. The molecule has 1 saturated heterocycles. The molecule has 0 spiro atoms. The molecule has 1 aromatic carbocycles. The molecule has 5 nitrogen and oxygen atoms in total. The Morgan fingerprint density at radius 1 is 1.00 bits per heavy atom. The van der Waals surface area contributed by atoms with Crippen LogP contribution in [0.3, 0.4) is 0 Å². The van der Waals surface area contributed by atoms with E-state index in [0.29, 0.717) is 25.4 Å². The maximum atomic E-state index is 12.8. The van der Waals surface area contributed by atoms with Crippen LogP contribution in [0.25, 0.3) is 0 Å². The van der Waals surface area contributed by atoms with Gasteiger partial charge in [-0.25, -0.2) is 0 Å². The molecule has 0 unspecified atom stereocenters. The molecule has 0 bridgehead atoms. The monoisotopic (exact) mass is 356 g/mol. The van der Waals surface area contributed by atoms with E-state index in [4.69, 9.17) is 4.74 Å². The van der Waals surface area contributed by atoms with Gasteiger partial charge in [-0.1, -0.05) is 18.6 Å². The molecule has 0 atom stereocenters. The zero-order chi connectivity index (χ0) is 17.9. The average Bonchev–Trinajstić information content (AvgIpc) is 2.86. The second kappa shape index (κ2) is 7.68. The molecule has 1 aromatic rings. The van der Waals surface area contributed by atoms with E-state index in [1.807, 2.05) is 21.9 Å². The molecule has 2 amide bonds. The van der Waals surface area contributed by atoms with Gasteiger partial charge in [-0.05, 0) is 49.3 Å². The van der Waals surface area contributed by atoms with Gasteiger partial charge in [0.2, 0.25) is 11.8 Å². The number of aryl methyl sites for hydroxylation is 1. The number of nitrogens with zero attached hydrogens (tertiary/aromatic N) is 2. The lowest BCUT2D eigenvalue weighted by molar-refractivity contribution is -0.138. The molecule has 1 aliphatic carbocycles. The van der Waals surface area contributed by atoms with Crippen LogP contribution in [0, 0.1) is 5.92 Å². The summed E-state index contributed by atoms with van der Waals surface area (Å²) in [5, 5.41) is 0. The molecule has 3 aliphatic rings. The van der Waals surface area contributed by atoms with Crippen LogP contribution in [0.15, 0.2) is 18.2 Å². The van der Waals surface area contributed by atoms with Crippen molar-refractivity contribution in [3.63, 3.8) is 0 Å². The molecule has 140 valence electrons. The smallest absolute Gasteiger partial charge is 0.227 e. The lowest BCUT2D eigenvalue weighted by atomic mass is 9.84. The number of ether oxygens (including phenoxy) is 1. The third-order valence-corrected chi connectivity index (χ3v) is 5.94. The predicted molar refractivity (Wildman–Crippen MR) is 99.1 cm³/mol. The molecular formula is C21H28N2O3. The van der Waals surface area contributed by atoms with Gasteiger partial charge in [0.25, 0.3) is 0 Å². The van der Waals surface area contributed by atoms with E-state index in [1.165, 1.54) is 12.0 Å². The van der Waals surface area contributed by atoms with Crippen LogP contribution in [0.4, 0.5) is 0 Å². The molecule has 2 heterocycles. The fraction of sp³-hybridized carbons (Fsp3) is 0.619. The van der Waals surface area contributed by atoms with E-state index >= 15 is 0 Å². The molecule has 26 heavy (non-hydrogen) atoms. The van der Waals surface area contributed by atoms with Gasteiger partial charge in [0, 0.05) is 32.1 Å². The SMILES string of the molecule is O=C(Cc1ccc2c(c1)CCCO2)N1CCCN(C(=O)C2CCC2)CC1. The normalized spacial score (nSPS) is 20.6. The highest BCUT2D eigenvalue weighted by Gasteiger charge is 2.30. The van der Waals surface area contributed by atoms with Gasteiger partial charge in [-0.15, -0.1) is 0 Å². The maximum Gasteiger partial charge on any atom is 0.227 e. The van der Waals surface area contributed by atoms with Crippen molar-refractivity contribution in [3.8, 4) is 5.75 Å². The van der Waals surface area contributed by atoms with Crippen molar-refractivity contribution in [1.29, 1.82) is 0 Å². The Kier molecular flexibility index (Phi) is 5.14. The molecule has 0 radical (unpaired) electrons. The molecule has 0 aromatic heterocycles. The Labute approximate surface area is 155 Å². The van der Waals surface area contributed by atoms with Crippen molar-refractivity contribution < 1.29 is 14.3 Å². The first-order chi connectivity index (χ1) is 12.7. The summed E-state index contributed by atoms with van der Waals surface area (Å²) in [7, 11) is 0. The minimum atomic E-state index is 0.166. The summed E-state index contributed by atoms with van der Waals surface area (Å²) in [5.41, 5.74) is 2.28. The minimum Gasteiger partial charge on any atom is -0.493 e. The van der Waals surface area contributed by atoms with Crippen LogP contribution in [-0.2, 0) is 22.4 Å². The molecule has 4 rings (SSSR count). The van der Waals surface area contributed by atoms with Gasteiger partial charge in [0.05, 0.1) is 13.0 Å². The second-order valence-electron chi connectivity index (χ2n) is 7.76. The van der Waals surface area contributed by atoms with E-state index in [1.54, 1.807) is 0 Å². The van der Waals surface area contributed by atoms with Crippen molar-refractivity contribution in [3.05, 3.63) is 29.3 Å². The summed E-state index contributed by atoms with van der Waals surface area (Å²) < 4.78 is 5.65. The molecule has 0 N–H and O–H groups in total. The zero-order valence-electron chi connectivity index (χ0n) is 15.4. The van der Waals surface area contributed by atoms with E-state index in [-0.39, 0.29) is 11.8 Å². The van der Waals surface area contributed by atoms with Gasteiger partial charge in [-0.3, -0.25) is 9.59 Å². The van der Waals surface area contributed by atoms with Crippen LogP contribution >= 0.6 is 0 Å². The van der Waals surface area contributed by atoms with Crippen molar-refractivity contribution >= 4 is 11.8 Å². The number of hydrogen-bond acceptors (Lipinski definition) is 3. The van der Waals surface area contributed by atoms with Gasteiger partial charge in [0.1, 0.15) is 5.75 Å². The summed E-state index contributed by atoms with van der Waals surface area (Å²) in [5.74, 6) is 1.68. The van der Waals surface area contributed by atoms with Crippen LogP contribution in [0.2, 0.25) is 0 Å². The molecule has 1 saturated carbocycles. The molecule has 2 fully saturated rings. The Morgan fingerprint density at radius 2 is 1.81 bits per heavy atom. The number of carbonyl (C=O) groups excluding carboxylic acids is 2. The highest BCUT2D eigenvalue weighted by atomic mass is 16.5. The number of rotatable bonds is 3. The predicted octanol–water partition coefficient (Wildman–Crippen LogP) is 2.42. The third kappa shape index (κ3) is 3.71. The van der Waals surface area contributed by atoms with E-state index in [2.05, 4.69) is 6.07 Å². The largest absolute Gasteiger partial charge is 0.493 e. The number of carbonyl (C=O) groups is 2. The van der Waals surface area contributed by atoms with Crippen molar-refractivity contribution in [2.75, 3.05) is 32.8 Å². The Balaban J connectivity index is 1.34. The highest BCUT2D eigenvalue weighted by Crippen LogP contribution is 2.29. The van der Waals surface area contributed by atoms with Crippen molar-refractivity contribution in [2.45, 2.75) is 44.9 Å². The lowest BCUT2D eigenvalue weighted by Crippen LogP contribution is -2.41. The first-order valence-electron chi connectivity index (χ1n) is 10.0. The Hall–Kier alpha value is -2.04. The third-order valence-electron chi connectivity index (χ3n) is 5.94. The second-order valence-corrected chi connectivity index (χ2v) is 7.76. The fourth-order valence-corrected chi connectivity index (χ4v) is 4.11. The zero-order valence-corrected chi connectivity index (χ0v) is 15.4. The Morgan fingerprint density at radius 3 is 2.62 bits per heavy atom. The summed E-state index contributed by atoms with van der Waals surface area (Å²) in [6.45, 7) is 3.66. The molecule has 2 aliphatic heterocycles. The number of amides is 2. The van der Waals surface area contributed by atoms with Crippen LogP contribution in [0.1, 0.15) is 43.2 Å². The summed E-state index contributed by atoms with van der Waals surface area (Å²) >= 11 is 0. The van der Waals surface area contributed by atoms with Gasteiger partial charge >= 0.3 is 0 Å². The van der Waals surface area contributed by atoms with Crippen LogP contribution in [-0.4, -0.2) is 54.4 Å².